The molecule has 0 saturated carbocycles. The Hall–Kier alpha value is -1.91. The van der Waals surface area contributed by atoms with E-state index in [0.717, 1.165) is 18.9 Å². The van der Waals surface area contributed by atoms with Crippen LogP contribution in [0.2, 0.25) is 0 Å². The quantitative estimate of drug-likeness (QED) is 0.912. The van der Waals surface area contributed by atoms with Crippen molar-refractivity contribution in [3.05, 3.63) is 35.1 Å². The summed E-state index contributed by atoms with van der Waals surface area (Å²) in [6, 6.07) is 3.66. The second kappa shape index (κ2) is 5.38. The first-order chi connectivity index (χ1) is 8.99. The first kappa shape index (κ1) is 13.5. The van der Waals surface area contributed by atoms with E-state index in [2.05, 4.69) is 0 Å². The van der Waals surface area contributed by atoms with Gasteiger partial charge in [0.25, 0.3) is 0 Å². The molecule has 1 fully saturated rings. The summed E-state index contributed by atoms with van der Waals surface area (Å²) in [6.45, 7) is 2.59. The van der Waals surface area contributed by atoms with Crippen LogP contribution in [0.3, 0.4) is 0 Å². The Morgan fingerprint density at radius 2 is 2.26 bits per heavy atom. The van der Waals surface area contributed by atoms with E-state index in [4.69, 9.17) is 5.11 Å². The fourth-order valence-electron chi connectivity index (χ4n) is 2.33. The first-order valence-electron chi connectivity index (χ1n) is 6.29. The molecule has 1 aromatic rings. The number of hydrogen-bond acceptors (Lipinski definition) is 2. The van der Waals surface area contributed by atoms with E-state index < -0.39 is 11.8 Å². The molecule has 0 radical (unpaired) electrons. The summed E-state index contributed by atoms with van der Waals surface area (Å²) in [6.07, 6.45) is 1.75. The Kier molecular flexibility index (Phi) is 3.83. The van der Waals surface area contributed by atoms with Crippen LogP contribution in [0.25, 0.3) is 0 Å². The Morgan fingerprint density at radius 3 is 2.95 bits per heavy atom. The van der Waals surface area contributed by atoms with Crippen molar-refractivity contribution in [1.82, 2.24) is 4.90 Å². The van der Waals surface area contributed by atoms with Gasteiger partial charge >= 0.3 is 5.97 Å². The number of carboxylic acid groups (broad SMARTS) is 1. The Labute approximate surface area is 110 Å². The third-order valence-electron chi connectivity index (χ3n) is 3.45. The summed E-state index contributed by atoms with van der Waals surface area (Å²) in [7, 11) is 0. The highest BCUT2D eigenvalue weighted by molar-refractivity contribution is 5.87. The van der Waals surface area contributed by atoms with E-state index in [-0.39, 0.29) is 29.5 Å². The molecular formula is C14H16FNO3. The number of likely N-dealkylation sites (tertiary alicyclic amines) is 1. The summed E-state index contributed by atoms with van der Waals surface area (Å²) < 4.78 is 13.7. The van der Waals surface area contributed by atoms with Crippen molar-refractivity contribution in [3.63, 3.8) is 0 Å². The van der Waals surface area contributed by atoms with E-state index >= 15 is 0 Å². The third kappa shape index (κ3) is 2.92. The van der Waals surface area contributed by atoms with Gasteiger partial charge in [0, 0.05) is 24.6 Å². The Balaban J connectivity index is 2.20. The molecule has 102 valence electrons. The van der Waals surface area contributed by atoms with E-state index in [0.29, 0.717) is 6.54 Å². The van der Waals surface area contributed by atoms with Gasteiger partial charge < -0.3 is 10.0 Å². The summed E-state index contributed by atoms with van der Waals surface area (Å²) in [4.78, 5) is 24.4. The van der Waals surface area contributed by atoms with Crippen LogP contribution >= 0.6 is 0 Å². The number of aromatic carboxylic acids is 1. The second-order valence-electron chi connectivity index (χ2n) is 4.91. The predicted molar refractivity (Wildman–Crippen MR) is 67.2 cm³/mol. The zero-order valence-electron chi connectivity index (χ0n) is 10.7. The smallest absolute Gasteiger partial charge is 0.335 e. The first-order valence-corrected chi connectivity index (χ1v) is 6.29. The molecule has 1 saturated heterocycles. The highest BCUT2D eigenvalue weighted by Crippen LogP contribution is 2.21. The molecule has 1 aliphatic heterocycles. The van der Waals surface area contributed by atoms with Crippen molar-refractivity contribution in [1.29, 1.82) is 0 Å². The molecule has 0 bridgehead atoms. The molecule has 5 heteroatoms. The molecule has 2 rings (SSSR count). The SMILES string of the molecule is CC1CCCN(Cc2cc(C(=O)O)ccc2F)C1=O. The van der Waals surface area contributed by atoms with Gasteiger partial charge in [-0.2, -0.15) is 0 Å². The van der Waals surface area contributed by atoms with E-state index in [1.807, 2.05) is 6.92 Å². The van der Waals surface area contributed by atoms with Crippen LogP contribution in [0.1, 0.15) is 35.7 Å². The molecular weight excluding hydrogens is 249 g/mol. The minimum Gasteiger partial charge on any atom is -0.478 e. The van der Waals surface area contributed by atoms with Crippen LogP contribution < -0.4 is 0 Å². The van der Waals surface area contributed by atoms with Gasteiger partial charge in [0.15, 0.2) is 0 Å². The monoisotopic (exact) mass is 265 g/mol. The van der Waals surface area contributed by atoms with Gasteiger partial charge in [0.2, 0.25) is 5.91 Å². The van der Waals surface area contributed by atoms with Crippen LogP contribution in [0, 0.1) is 11.7 Å². The number of carbonyl (C=O) groups excluding carboxylic acids is 1. The normalized spacial score (nSPS) is 19.6. The van der Waals surface area contributed by atoms with Crippen LogP contribution in [-0.4, -0.2) is 28.4 Å². The van der Waals surface area contributed by atoms with E-state index in [1.165, 1.54) is 12.1 Å². The number of rotatable bonds is 3. The van der Waals surface area contributed by atoms with Crippen LogP contribution in [0.15, 0.2) is 18.2 Å². The molecule has 0 aliphatic carbocycles. The van der Waals surface area contributed by atoms with Gasteiger partial charge in [-0.25, -0.2) is 9.18 Å². The van der Waals surface area contributed by atoms with Crippen molar-refractivity contribution in [2.24, 2.45) is 5.92 Å². The highest BCUT2D eigenvalue weighted by Gasteiger charge is 2.25. The molecule has 0 spiro atoms. The van der Waals surface area contributed by atoms with Crippen molar-refractivity contribution in [2.45, 2.75) is 26.3 Å². The lowest BCUT2D eigenvalue weighted by Crippen LogP contribution is -2.39. The average molecular weight is 265 g/mol. The molecule has 1 heterocycles. The molecule has 0 aromatic heterocycles. The summed E-state index contributed by atoms with van der Waals surface area (Å²) >= 11 is 0. The number of nitrogens with zero attached hydrogens (tertiary/aromatic N) is 1. The van der Waals surface area contributed by atoms with Crippen molar-refractivity contribution < 1.29 is 19.1 Å². The molecule has 1 atom stereocenters. The van der Waals surface area contributed by atoms with Crippen LogP contribution in [0.5, 0.6) is 0 Å². The largest absolute Gasteiger partial charge is 0.478 e. The minimum absolute atomic E-state index is 0.00591. The van der Waals surface area contributed by atoms with Gasteiger partial charge in [0.05, 0.1) is 5.56 Å². The summed E-state index contributed by atoms with van der Waals surface area (Å²) in [5.41, 5.74) is 0.288. The Morgan fingerprint density at radius 1 is 1.53 bits per heavy atom. The number of halogens is 1. The maximum Gasteiger partial charge on any atom is 0.335 e. The number of piperidine rings is 1. The molecule has 1 amide bonds. The maximum atomic E-state index is 13.7. The molecule has 4 nitrogen and oxygen atoms in total. The molecule has 1 N–H and O–H groups in total. The van der Waals surface area contributed by atoms with Gasteiger partial charge in [-0.3, -0.25) is 4.79 Å². The zero-order chi connectivity index (χ0) is 14.0. The van der Waals surface area contributed by atoms with Crippen LogP contribution in [0.4, 0.5) is 4.39 Å². The lowest BCUT2D eigenvalue weighted by molar-refractivity contribution is -0.138. The molecule has 1 unspecified atom stereocenters. The van der Waals surface area contributed by atoms with Crippen molar-refractivity contribution in [2.75, 3.05) is 6.54 Å². The lowest BCUT2D eigenvalue weighted by Gasteiger charge is -2.30. The molecule has 1 aromatic carbocycles. The molecule has 19 heavy (non-hydrogen) atoms. The topological polar surface area (TPSA) is 57.6 Å². The van der Waals surface area contributed by atoms with Crippen molar-refractivity contribution in [3.8, 4) is 0 Å². The fourth-order valence-corrected chi connectivity index (χ4v) is 2.33. The summed E-state index contributed by atoms with van der Waals surface area (Å²) in [5.74, 6) is -1.61. The van der Waals surface area contributed by atoms with Gasteiger partial charge in [0.1, 0.15) is 5.82 Å². The predicted octanol–water partition coefficient (Wildman–Crippen LogP) is 2.28. The van der Waals surface area contributed by atoms with E-state index in [9.17, 15) is 14.0 Å². The standard InChI is InChI=1S/C14H16FNO3/c1-9-3-2-6-16(13(9)17)8-11-7-10(14(18)19)4-5-12(11)15/h4-5,7,9H,2-3,6,8H2,1H3,(H,18,19). The van der Waals surface area contributed by atoms with Crippen molar-refractivity contribution >= 4 is 11.9 Å². The number of carbonyl (C=O) groups is 2. The van der Waals surface area contributed by atoms with Gasteiger partial charge in [-0.1, -0.05) is 6.92 Å². The number of benzene rings is 1. The maximum absolute atomic E-state index is 13.7. The number of carboxylic acids is 1. The zero-order valence-corrected chi connectivity index (χ0v) is 10.7. The highest BCUT2D eigenvalue weighted by atomic mass is 19.1. The minimum atomic E-state index is -1.10. The van der Waals surface area contributed by atoms with E-state index in [1.54, 1.807) is 4.90 Å². The third-order valence-corrected chi connectivity index (χ3v) is 3.45. The number of hydrogen-bond donors (Lipinski definition) is 1. The lowest BCUT2D eigenvalue weighted by atomic mass is 9.98. The van der Waals surface area contributed by atoms with Crippen LogP contribution in [-0.2, 0) is 11.3 Å². The average Bonchev–Trinajstić information content (AvgIpc) is 2.37. The van der Waals surface area contributed by atoms with Gasteiger partial charge in [-0.05, 0) is 31.0 Å². The van der Waals surface area contributed by atoms with Gasteiger partial charge in [-0.15, -0.1) is 0 Å². The second-order valence-corrected chi connectivity index (χ2v) is 4.91. The number of amides is 1. The Bertz CT molecular complexity index is 515. The molecule has 1 aliphatic rings. The fraction of sp³-hybridized carbons (Fsp3) is 0.429. The summed E-state index contributed by atoms with van der Waals surface area (Å²) in [5, 5.41) is 8.90.